The van der Waals surface area contributed by atoms with E-state index in [-0.39, 0.29) is 23.6 Å². The predicted molar refractivity (Wildman–Crippen MR) is 129 cm³/mol. The first-order valence-corrected chi connectivity index (χ1v) is 12.2. The molecule has 0 spiro atoms. The smallest absolute Gasteiger partial charge is 0.259 e. The van der Waals surface area contributed by atoms with Gasteiger partial charge in [-0.15, -0.1) is 0 Å². The van der Waals surface area contributed by atoms with E-state index in [1.54, 1.807) is 36.4 Å². The summed E-state index contributed by atoms with van der Waals surface area (Å²) >= 11 is 7.44. The van der Waals surface area contributed by atoms with E-state index in [1.165, 1.54) is 11.8 Å². The van der Waals surface area contributed by atoms with Gasteiger partial charge in [0.2, 0.25) is 5.91 Å². The summed E-state index contributed by atoms with van der Waals surface area (Å²) in [7, 11) is 0. The highest BCUT2D eigenvalue weighted by molar-refractivity contribution is 7.99. The van der Waals surface area contributed by atoms with E-state index in [0.717, 1.165) is 25.7 Å². The summed E-state index contributed by atoms with van der Waals surface area (Å²) < 4.78 is 6.00. The molecule has 0 radical (unpaired) electrons. The Hall–Kier alpha value is -3.02. The molecule has 3 aromatic rings. The summed E-state index contributed by atoms with van der Waals surface area (Å²) in [4.78, 5) is 31.7. The minimum Gasteiger partial charge on any atom is -0.490 e. The molecule has 0 atom stereocenters. The maximum atomic E-state index is 12.4. The number of fused-ring (bicyclic) bond motifs is 1. The Bertz CT molecular complexity index is 1250. The van der Waals surface area contributed by atoms with Crippen molar-refractivity contribution >= 4 is 40.2 Å². The van der Waals surface area contributed by atoms with Gasteiger partial charge in [-0.05, 0) is 49.9 Å². The summed E-state index contributed by atoms with van der Waals surface area (Å²) in [5, 5.41) is 13.5. The van der Waals surface area contributed by atoms with Crippen LogP contribution in [0.5, 0.6) is 5.75 Å². The lowest BCUT2D eigenvalue weighted by molar-refractivity contribution is -0.121. The molecule has 1 aromatic heterocycles. The van der Waals surface area contributed by atoms with Crippen molar-refractivity contribution in [3.63, 3.8) is 0 Å². The Morgan fingerprint density at radius 2 is 2.03 bits per heavy atom. The summed E-state index contributed by atoms with van der Waals surface area (Å²) in [6, 6.07) is 14.4. The molecule has 2 N–H and O–H groups in total. The van der Waals surface area contributed by atoms with Crippen LogP contribution in [0.1, 0.15) is 37.7 Å². The van der Waals surface area contributed by atoms with Gasteiger partial charge < -0.3 is 15.0 Å². The zero-order valence-electron chi connectivity index (χ0n) is 17.8. The van der Waals surface area contributed by atoms with Crippen LogP contribution in [-0.4, -0.2) is 33.8 Å². The van der Waals surface area contributed by atoms with E-state index >= 15 is 0 Å². The van der Waals surface area contributed by atoms with Gasteiger partial charge in [-0.2, -0.15) is 5.26 Å². The number of hydrogen-bond donors (Lipinski definition) is 2. The number of thioether (sulfide) groups is 1. The van der Waals surface area contributed by atoms with E-state index in [9.17, 15) is 9.59 Å². The molecule has 170 valence electrons. The van der Waals surface area contributed by atoms with E-state index in [0.29, 0.717) is 44.6 Å². The summed E-state index contributed by atoms with van der Waals surface area (Å²) in [6.45, 7) is 0. The molecule has 1 saturated carbocycles. The molecule has 0 saturated heterocycles. The Morgan fingerprint density at radius 1 is 1.24 bits per heavy atom. The topological polar surface area (TPSA) is 108 Å². The number of aromatic nitrogens is 2. The third kappa shape index (κ3) is 6.06. The van der Waals surface area contributed by atoms with Gasteiger partial charge in [-0.3, -0.25) is 9.59 Å². The molecule has 7 nitrogen and oxygen atoms in total. The van der Waals surface area contributed by atoms with Crippen molar-refractivity contribution in [2.75, 3.05) is 5.75 Å². The fraction of sp³-hybridized carbons (Fsp3) is 0.333. The molecule has 1 amide bonds. The van der Waals surface area contributed by atoms with Gasteiger partial charge in [0.05, 0.1) is 27.6 Å². The molecule has 1 fully saturated rings. The number of nitrogens with one attached hydrogen (secondary N) is 2. The number of hydrogen-bond acceptors (Lipinski definition) is 6. The lowest BCUT2D eigenvalue weighted by Gasteiger charge is -2.29. The van der Waals surface area contributed by atoms with Crippen molar-refractivity contribution < 1.29 is 9.53 Å². The van der Waals surface area contributed by atoms with Crippen LogP contribution in [0.15, 0.2) is 52.4 Å². The first kappa shape index (κ1) is 23.1. The Balaban J connectivity index is 1.19. The van der Waals surface area contributed by atoms with Gasteiger partial charge in [0.25, 0.3) is 5.56 Å². The highest BCUT2D eigenvalue weighted by Crippen LogP contribution is 2.27. The van der Waals surface area contributed by atoms with Gasteiger partial charge in [0.15, 0.2) is 5.16 Å². The van der Waals surface area contributed by atoms with Crippen LogP contribution in [0.2, 0.25) is 5.02 Å². The number of ether oxygens (including phenoxy) is 1. The number of benzene rings is 2. The van der Waals surface area contributed by atoms with E-state index in [1.807, 2.05) is 12.1 Å². The zero-order valence-corrected chi connectivity index (χ0v) is 19.4. The SMILES string of the molecule is N#Cc1ccc(O[C@H]2CC[C@H](NC(=O)CCSc3nc4ccccc4c(=O)[nH]3)CC2)cc1Cl. The molecule has 9 heteroatoms. The fourth-order valence-corrected chi connectivity index (χ4v) is 4.87. The summed E-state index contributed by atoms with van der Waals surface area (Å²) in [5.41, 5.74) is 0.904. The van der Waals surface area contributed by atoms with E-state index < -0.39 is 0 Å². The number of nitrogens with zero attached hydrogens (tertiary/aromatic N) is 2. The fourth-order valence-electron chi connectivity index (χ4n) is 3.85. The molecule has 1 aliphatic rings. The molecular formula is C24H23ClN4O3S. The lowest BCUT2D eigenvalue weighted by Crippen LogP contribution is -2.39. The van der Waals surface area contributed by atoms with Crippen molar-refractivity contribution in [3.05, 3.63) is 63.4 Å². The zero-order chi connectivity index (χ0) is 23.2. The van der Waals surface area contributed by atoms with Gasteiger partial charge in [0, 0.05) is 24.3 Å². The van der Waals surface area contributed by atoms with Gasteiger partial charge in [0.1, 0.15) is 11.8 Å². The van der Waals surface area contributed by atoms with Gasteiger partial charge in [-0.25, -0.2) is 4.98 Å². The number of amides is 1. The monoisotopic (exact) mass is 482 g/mol. The van der Waals surface area contributed by atoms with Crippen LogP contribution in [0, 0.1) is 11.3 Å². The minimum atomic E-state index is -0.171. The molecule has 4 rings (SSSR count). The number of para-hydroxylation sites is 1. The molecular weight excluding hydrogens is 460 g/mol. The lowest BCUT2D eigenvalue weighted by atomic mass is 9.93. The summed E-state index contributed by atoms with van der Waals surface area (Å²) in [6.07, 6.45) is 3.76. The van der Waals surface area contributed by atoms with Crippen molar-refractivity contribution in [2.45, 2.75) is 49.4 Å². The van der Waals surface area contributed by atoms with Crippen molar-refractivity contribution in [2.24, 2.45) is 0 Å². The van der Waals surface area contributed by atoms with Gasteiger partial charge >= 0.3 is 0 Å². The largest absolute Gasteiger partial charge is 0.490 e. The third-order valence-electron chi connectivity index (χ3n) is 5.56. The minimum absolute atomic E-state index is 0.00567. The van der Waals surface area contributed by atoms with Crippen LogP contribution in [-0.2, 0) is 4.79 Å². The summed E-state index contributed by atoms with van der Waals surface area (Å²) in [5.74, 6) is 1.18. The van der Waals surface area contributed by atoms with Crippen LogP contribution < -0.4 is 15.6 Å². The van der Waals surface area contributed by atoms with Crippen LogP contribution in [0.3, 0.4) is 0 Å². The number of carbonyl (C=O) groups is 1. The van der Waals surface area contributed by atoms with Crippen LogP contribution >= 0.6 is 23.4 Å². The predicted octanol–water partition coefficient (Wildman–Crippen LogP) is 4.44. The van der Waals surface area contributed by atoms with Crippen molar-refractivity contribution in [1.82, 2.24) is 15.3 Å². The maximum absolute atomic E-state index is 12.4. The number of carbonyl (C=O) groups excluding carboxylic acids is 1. The van der Waals surface area contributed by atoms with Crippen LogP contribution in [0.25, 0.3) is 10.9 Å². The number of halogens is 1. The molecule has 1 heterocycles. The molecule has 0 aliphatic heterocycles. The van der Waals surface area contributed by atoms with Gasteiger partial charge in [-0.1, -0.05) is 35.5 Å². The molecule has 1 aliphatic carbocycles. The second-order valence-electron chi connectivity index (χ2n) is 7.90. The number of rotatable bonds is 7. The standard InChI is InChI=1S/C24H23ClN4O3S/c25-20-13-18(8-5-15(20)14-26)32-17-9-6-16(7-10-17)27-22(30)11-12-33-24-28-21-4-2-1-3-19(21)23(31)29-24/h1-5,8,13,16-17H,6-7,9-12H2,(H,27,30)(H,28,29,31)/t16-,17-. The maximum Gasteiger partial charge on any atom is 0.259 e. The molecule has 0 bridgehead atoms. The Labute approximate surface area is 200 Å². The molecule has 33 heavy (non-hydrogen) atoms. The Morgan fingerprint density at radius 3 is 2.79 bits per heavy atom. The van der Waals surface area contributed by atoms with E-state index in [4.69, 9.17) is 21.6 Å². The van der Waals surface area contributed by atoms with E-state index in [2.05, 4.69) is 15.3 Å². The van der Waals surface area contributed by atoms with Crippen molar-refractivity contribution in [3.8, 4) is 11.8 Å². The quantitative estimate of drug-likeness (QED) is 0.381. The highest BCUT2D eigenvalue weighted by atomic mass is 35.5. The number of nitriles is 1. The highest BCUT2D eigenvalue weighted by Gasteiger charge is 2.23. The second-order valence-corrected chi connectivity index (χ2v) is 9.39. The van der Waals surface area contributed by atoms with Crippen molar-refractivity contribution in [1.29, 1.82) is 5.26 Å². The Kier molecular flexibility index (Phi) is 7.53. The normalized spacial score (nSPS) is 17.9. The number of H-pyrrole nitrogens is 1. The molecule has 2 aromatic carbocycles. The second kappa shape index (κ2) is 10.7. The first-order chi connectivity index (χ1) is 16.0. The first-order valence-electron chi connectivity index (χ1n) is 10.8. The average molecular weight is 483 g/mol. The average Bonchev–Trinajstić information content (AvgIpc) is 2.81. The molecule has 0 unspecified atom stereocenters. The third-order valence-corrected chi connectivity index (χ3v) is 6.75. The number of aromatic amines is 1. The van der Waals surface area contributed by atoms with Crippen LogP contribution in [0.4, 0.5) is 0 Å².